The molecule has 0 saturated carbocycles. The fraction of sp³-hybridized carbons (Fsp3) is 0.133. The van der Waals surface area contributed by atoms with Crippen molar-refractivity contribution in [2.24, 2.45) is 0 Å². The van der Waals surface area contributed by atoms with Gasteiger partial charge < -0.3 is 11.1 Å². The number of carbonyl (C=O) groups is 1. The summed E-state index contributed by atoms with van der Waals surface area (Å²) in [5.41, 5.74) is 5.94. The highest BCUT2D eigenvalue weighted by atomic mass is 32.1. The summed E-state index contributed by atoms with van der Waals surface area (Å²) >= 11 is 1.42. The van der Waals surface area contributed by atoms with Crippen molar-refractivity contribution in [3.63, 3.8) is 0 Å². The number of hydrogen-bond donors (Lipinski definition) is 2. The average Bonchev–Trinajstić information content (AvgIpc) is 2.87. The van der Waals surface area contributed by atoms with E-state index in [1.807, 2.05) is 31.2 Å². The molecule has 3 rings (SSSR count). The number of amides is 1. The lowest BCUT2D eigenvalue weighted by Gasteiger charge is -2.08. The van der Waals surface area contributed by atoms with Crippen LogP contribution >= 0.6 is 11.3 Å². The topological polar surface area (TPSA) is 90.0 Å². The number of anilines is 2. The van der Waals surface area contributed by atoms with Crippen molar-refractivity contribution in [2.45, 2.75) is 13.5 Å². The molecule has 0 radical (unpaired) electrons. The number of fused-ring (bicyclic) bond motifs is 1. The maximum absolute atomic E-state index is 12.1. The Labute approximate surface area is 130 Å². The SMILES string of the molecule is Cc1cc2c(N)nc(=O)n(CC(=O)Nc3ccccc3)c2s1. The molecular formula is C15H14N4O2S. The lowest BCUT2D eigenvalue weighted by molar-refractivity contribution is -0.116. The highest BCUT2D eigenvalue weighted by Crippen LogP contribution is 2.26. The molecule has 0 bridgehead atoms. The van der Waals surface area contributed by atoms with Crippen molar-refractivity contribution < 1.29 is 4.79 Å². The maximum atomic E-state index is 12.1. The summed E-state index contributed by atoms with van der Waals surface area (Å²) in [7, 11) is 0. The van der Waals surface area contributed by atoms with Crippen LogP contribution in [-0.2, 0) is 11.3 Å². The molecule has 1 aromatic carbocycles. The predicted octanol–water partition coefficient (Wildman–Crippen LogP) is 1.99. The summed E-state index contributed by atoms with van der Waals surface area (Å²) in [5.74, 6) is -0.0868. The van der Waals surface area contributed by atoms with Crippen molar-refractivity contribution in [1.82, 2.24) is 9.55 Å². The van der Waals surface area contributed by atoms with E-state index in [9.17, 15) is 9.59 Å². The second kappa shape index (κ2) is 5.61. The molecule has 22 heavy (non-hydrogen) atoms. The molecule has 2 heterocycles. The van der Waals surface area contributed by atoms with Gasteiger partial charge in [0.25, 0.3) is 0 Å². The molecule has 0 saturated heterocycles. The highest BCUT2D eigenvalue weighted by Gasteiger charge is 2.14. The lowest BCUT2D eigenvalue weighted by atomic mass is 10.3. The number of nitrogens with one attached hydrogen (secondary N) is 1. The number of para-hydroxylation sites is 1. The number of aryl methyl sites for hydroxylation is 1. The summed E-state index contributed by atoms with van der Waals surface area (Å²) in [6.07, 6.45) is 0. The van der Waals surface area contributed by atoms with E-state index < -0.39 is 5.69 Å². The van der Waals surface area contributed by atoms with Gasteiger partial charge in [0.15, 0.2) is 0 Å². The normalized spacial score (nSPS) is 10.8. The number of nitrogens with two attached hydrogens (primary N) is 1. The van der Waals surface area contributed by atoms with Crippen molar-refractivity contribution >= 4 is 39.0 Å². The van der Waals surface area contributed by atoms with Gasteiger partial charge in [-0.1, -0.05) is 18.2 Å². The summed E-state index contributed by atoms with van der Waals surface area (Å²) in [6, 6.07) is 11.0. The van der Waals surface area contributed by atoms with Crippen LogP contribution in [0.1, 0.15) is 4.88 Å². The third-order valence-corrected chi connectivity index (χ3v) is 4.24. The minimum Gasteiger partial charge on any atom is -0.383 e. The van der Waals surface area contributed by atoms with Gasteiger partial charge in [-0.3, -0.25) is 9.36 Å². The molecule has 2 aromatic heterocycles. The van der Waals surface area contributed by atoms with E-state index in [0.29, 0.717) is 15.9 Å². The monoisotopic (exact) mass is 314 g/mol. The second-order valence-electron chi connectivity index (χ2n) is 4.86. The van der Waals surface area contributed by atoms with E-state index in [4.69, 9.17) is 5.73 Å². The fourth-order valence-electron chi connectivity index (χ4n) is 2.20. The van der Waals surface area contributed by atoms with Gasteiger partial charge in [-0.15, -0.1) is 11.3 Å². The molecular weight excluding hydrogens is 300 g/mol. The van der Waals surface area contributed by atoms with Crippen LogP contribution in [0.3, 0.4) is 0 Å². The third kappa shape index (κ3) is 2.71. The number of carbonyl (C=O) groups excluding carboxylic acids is 1. The first-order valence-corrected chi connectivity index (χ1v) is 7.47. The smallest absolute Gasteiger partial charge is 0.351 e. The highest BCUT2D eigenvalue weighted by molar-refractivity contribution is 7.18. The molecule has 112 valence electrons. The standard InChI is InChI=1S/C15H14N4O2S/c1-9-7-11-13(16)18-15(21)19(14(11)22-9)8-12(20)17-10-5-3-2-4-6-10/h2-7H,8H2,1H3,(H,17,20)(H2,16,18,21). The van der Waals surface area contributed by atoms with E-state index in [1.54, 1.807) is 12.1 Å². The average molecular weight is 314 g/mol. The Bertz CT molecular complexity index is 899. The molecule has 0 aliphatic carbocycles. The van der Waals surface area contributed by atoms with Crippen LogP contribution in [0.25, 0.3) is 10.2 Å². The van der Waals surface area contributed by atoms with Gasteiger partial charge in [-0.25, -0.2) is 4.79 Å². The number of nitrogens with zero attached hydrogens (tertiary/aromatic N) is 2. The van der Waals surface area contributed by atoms with Crippen LogP contribution in [0.2, 0.25) is 0 Å². The van der Waals surface area contributed by atoms with Gasteiger partial charge in [-0.05, 0) is 25.1 Å². The van der Waals surface area contributed by atoms with Crippen molar-refractivity contribution in [3.05, 3.63) is 51.8 Å². The number of thiophene rings is 1. The van der Waals surface area contributed by atoms with Crippen LogP contribution < -0.4 is 16.7 Å². The Kier molecular flexibility index (Phi) is 3.64. The van der Waals surface area contributed by atoms with E-state index in [2.05, 4.69) is 10.3 Å². The zero-order chi connectivity index (χ0) is 15.7. The molecule has 0 fully saturated rings. The number of rotatable bonds is 3. The van der Waals surface area contributed by atoms with Gasteiger partial charge in [0.05, 0.1) is 5.39 Å². The van der Waals surface area contributed by atoms with Crippen LogP contribution in [0, 0.1) is 6.92 Å². The van der Waals surface area contributed by atoms with Gasteiger partial charge >= 0.3 is 5.69 Å². The molecule has 3 N–H and O–H groups in total. The van der Waals surface area contributed by atoms with E-state index in [-0.39, 0.29) is 18.3 Å². The van der Waals surface area contributed by atoms with Crippen LogP contribution in [0.15, 0.2) is 41.2 Å². The number of hydrogen-bond acceptors (Lipinski definition) is 5. The number of nitrogen functional groups attached to an aromatic ring is 1. The molecule has 0 unspecified atom stereocenters. The minimum absolute atomic E-state index is 0.0997. The Morgan fingerprint density at radius 2 is 2.09 bits per heavy atom. The zero-order valence-corrected chi connectivity index (χ0v) is 12.7. The Morgan fingerprint density at radius 3 is 2.82 bits per heavy atom. The van der Waals surface area contributed by atoms with Crippen molar-refractivity contribution in [3.8, 4) is 0 Å². The van der Waals surface area contributed by atoms with Gasteiger partial charge in [-0.2, -0.15) is 4.98 Å². The van der Waals surface area contributed by atoms with E-state index in [1.165, 1.54) is 15.9 Å². The fourth-order valence-corrected chi connectivity index (χ4v) is 3.21. The van der Waals surface area contributed by atoms with Crippen molar-refractivity contribution in [1.29, 1.82) is 0 Å². The second-order valence-corrected chi connectivity index (χ2v) is 6.09. The lowest BCUT2D eigenvalue weighted by Crippen LogP contribution is -2.29. The predicted molar refractivity (Wildman–Crippen MR) is 88.1 cm³/mol. The van der Waals surface area contributed by atoms with E-state index in [0.717, 1.165) is 4.88 Å². The number of aromatic nitrogens is 2. The van der Waals surface area contributed by atoms with Crippen molar-refractivity contribution in [2.75, 3.05) is 11.1 Å². The molecule has 0 aliphatic heterocycles. The molecule has 0 atom stereocenters. The molecule has 0 aliphatic rings. The molecule has 7 heteroatoms. The molecule has 1 amide bonds. The van der Waals surface area contributed by atoms with Gasteiger partial charge in [0.2, 0.25) is 5.91 Å². The van der Waals surface area contributed by atoms with Crippen LogP contribution in [-0.4, -0.2) is 15.5 Å². The van der Waals surface area contributed by atoms with Gasteiger partial charge in [0, 0.05) is 10.6 Å². The molecule has 0 spiro atoms. The summed E-state index contributed by atoms with van der Waals surface area (Å²) in [6.45, 7) is 1.82. The Morgan fingerprint density at radius 1 is 1.36 bits per heavy atom. The molecule has 6 nitrogen and oxygen atoms in total. The third-order valence-electron chi connectivity index (χ3n) is 3.16. The van der Waals surface area contributed by atoms with Gasteiger partial charge in [0.1, 0.15) is 17.2 Å². The van der Waals surface area contributed by atoms with E-state index >= 15 is 0 Å². The Balaban J connectivity index is 1.94. The van der Waals surface area contributed by atoms with Crippen LogP contribution in [0.4, 0.5) is 11.5 Å². The summed E-state index contributed by atoms with van der Waals surface area (Å²) in [4.78, 5) is 29.7. The number of benzene rings is 1. The quantitative estimate of drug-likeness (QED) is 0.773. The summed E-state index contributed by atoms with van der Waals surface area (Å²) in [5, 5.41) is 3.45. The first kappa shape index (κ1) is 14.3. The molecule has 3 aromatic rings. The van der Waals surface area contributed by atoms with Crippen LogP contribution in [0.5, 0.6) is 0 Å². The summed E-state index contributed by atoms with van der Waals surface area (Å²) < 4.78 is 1.35. The Hall–Kier alpha value is -2.67. The largest absolute Gasteiger partial charge is 0.383 e. The first-order chi connectivity index (χ1) is 10.5. The maximum Gasteiger partial charge on any atom is 0.351 e. The zero-order valence-electron chi connectivity index (χ0n) is 11.9. The first-order valence-electron chi connectivity index (χ1n) is 6.66. The minimum atomic E-state index is -0.518.